The van der Waals surface area contributed by atoms with Crippen molar-refractivity contribution in [1.82, 2.24) is 20.3 Å². The summed E-state index contributed by atoms with van der Waals surface area (Å²) in [6.07, 6.45) is 3.43. The van der Waals surface area contributed by atoms with E-state index in [0.717, 1.165) is 59.2 Å². The number of aryl methyl sites for hydroxylation is 1. The molecular weight excluding hydrogens is 432 g/mol. The molecule has 1 fully saturated rings. The number of thiophene rings is 1. The number of carbonyl (C=O) groups excluding carboxylic acids is 1. The van der Waals surface area contributed by atoms with Crippen LogP contribution in [0.25, 0.3) is 10.2 Å². The van der Waals surface area contributed by atoms with Gasteiger partial charge < -0.3 is 15.1 Å². The van der Waals surface area contributed by atoms with Crippen LogP contribution in [0.1, 0.15) is 33.8 Å². The fourth-order valence-corrected chi connectivity index (χ4v) is 5.33. The summed E-state index contributed by atoms with van der Waals surface area (Å²) in [6, 6.07) is 15.9. The molecule has 0 saturated carbocycles. The number of hydrogen-bond donors (Lipinski definition) is 1. The smallest absolute Gasteiger partial charge is 0.262 e. The van der Waals surface area contributed by atoms with Crippen LogP contribution in [0, 0.1) is 6.92 Å². The zero-order valence-electron chi connectivity index (χ0n) is 18.7. The van der Waals surface area contributed by atoms with Crippen molar-refractivity contribution in [1.29, 1.82) is 0 Å². The summed E-state index contributed by atoms with van der Waals surface area (Å²) in [4.78, 5) is 32.8. The summed E-state index contributed by atoms with van der Waals surface area (Å²) in [7, 11) is 0. The first-order chi connectivity index (χ1) is 16.1. The minimum Gasteiger partial charge on any atom is -0.353 e. The molecule has 4 aromatic rings. The lowest BCUT2D eigenvalue weighted by molar-refractivity contribution is 0.0943. The monoisotopic (exact) mass is 458 g/mol. The number of hydrogen-bond acceptors (Lipinski definition) is 7. The predicted molar refractivity (Wildman–Crippen MR) is 133 cm³/mol. The largest absolute Gasteiger partial charge is 0.353 e. The Balaban J connectivity index is 1.37. The van der Waals surface area contributed by atoms with E-state index in [0.29, 0.717) is 4.88 Å². The first-order valence-corrected chi connectivity index (χ1v) is 11.9. The van der Waals surface area contributed by atoms with Crippen molar-refractivity contribution < 1.29 is 4.79 Å². The van der Waals surface area contributed by atoms with Gasteiger partial charge in [0.2, 0.25) is 0 Å². The second kappa shape index (κ2) is 9.15. The van der Waals surface area contributed by atoms with Gasteiger partial charge in [0, 0.05) is 32.4 Å². The maximum Gasteiger partial charge on any atom is 0.262 e. The fourth-order valence-electron chi connectivity index (χ4n) is 4.28. The second-order valence-corrected chi connectivity index (χ2v) is 9.20. The van der Waals surface area contributed by atoms with Gasteiger partial charge in [0.15, 0.2) is 0 Å². The average molecular weight is 459 g/mol. The lowest BCUT2D eigenvalue weighted by Crippen LogP contribution is -2.47. The first-order valence-electron chi connectivity index (χ1n) is 11.1. The van der Waals surface area contributed by atoms with Gasteiger partial charge in [-0.2, -0.15) is 0 Å². The number of benzene rings is 1. The molecule has 33 heavy (non-hydrogen) atoms. The molecule has 168 valence electrons. The number of fused-ring (bicyclic) bond motifs is 1. The molecule has 7 nitrogen and oxygen atoms in total. The molecule has 1 N–H and O–H groups in total. The number of carbonyl (C=O) groups is 1. The van der Waals surface area contributed by atoms with Gasteiger partial charge in [-0.05, 0) is 37.1 Å². The van der Waals surface area contributed by atoms with Crippen LogP contribution in [-0.4, -0.2) is 47.0 Å². The maximum atomic E-state index is 13.1. The van der Waals surface area contributed by atoms with Crippen LogP contribution in [0.2, 0.25) is 0 Å². The molecule has 1 aromatic carbocycles. The second-order valence-electron chi connectivity index (χ2n) is 8.20. The van der Waals surface area contributed by atoms with Gasteiger partial charge in [-0.1, -0.05) is 36.4 Å². The maximum absolute atomic E-state index is 13.1. The number of rotatable bonds is 5. The quantitative estimate of drug-likeness (QED) is 0.483. The van der Waals surface area contributed by atoms with E-state index in [-0.39, 0.29) is 11.9 Å². The molecule has 1 amide bonds. The number of nitrogens with zero attached hydrogens (tertiary/aromatic N) is 5. The van der Waals surface area contributed by atoms with E-state index in [9.17, 15) is 4.79 Å². The minimum atomic E-state index is -0.0754. The normalized spacial score (nSPS) is 15.0. The van der Waals surface area contributed by atoms with Crippen molar-refractivity contribution in [2.24, 2.45) is 0 Å². The number of pyridine rings is 1. The van der Waals surface area contributed by atoms with Crippen LogP contribution in [0.15, 0.2) is 61.1 Å². The summed E-state index contributed by atoms with van der Waals surface area (Å²) < 4.78 is 0. The molecule has 0 bridgehead atoms. The van der Waals surface area contributed by atoms with Crippen molar-refractivity contribution in [3.63, 3.8) is 0 Å². The average Bonchev–Trinajstić information content (AvgIpc) is 3.22. The Hall–Kier alpha value is -3.52. The topological polar surface area (TPSA) is 74.2 Å². The molecule has 0 unspecified atom stereocenters. The molecule has 1 aliphatic rings. The van der Waals surface area contributed by atoms with Gasteiger partial charge in [-0.25, -0.2) is 15.0 Å². The summed E-state index contributed by atoms with van der Waals surface area (Å²) >= 11 is 1.43. The molecule has 8 heteroatoms. The molecule has 4 heterocycles. The fraction of sp³-hybridized carbons (Fsp3) is 0.280. The Bertz CT molecular complexity index is 1250. The van der Waals surface area contributed by atoms with E-state index < -0.39 is 0 Å². The lowest BCUT2D eigenvalue weighted by Gasteiger charge is -2.36. The van der Waals surface area contributed by atoms with Crippen molar-refractivity contribution in [2.75, 3.05) is 36.0 Å². The van der Waals surface area contributed by atoms with E-state index in [1.54, 1.807) is 6.33 Å². The summed E-state index contributed by atoms with van der Waals surface area (Å²) in [5.74, 6) is 1.84. The zero-order chi connectivity index (χ0) is 22.8. The van der Waals surface area contributed by atoms with Crippen molar-refractivity contribution in [2.45, 2.75) is 19.9 Å². The van der Waals surface area contributed by atoms with Crippen LogP contribution >= 0.6 is 11.3 Å². The number of anilines is 2. The highest BCUT2D eigenvalue weighted by atomic mass is 32.1. The first kappa shape index (κ1) is 21.3. The van der Waals surface area contributed by atoms with Crippen LogP contribution in [0.4, 0.5) is 11.6 Å². The molecule has 1 aliphatic heterocycles. The van der Waals surface area contributed by atoms with Gasteiger partial charge in [0.05, 0.1) is 16.3 Å². The Kier molecular flexibility index (Phi) is 5.92. The highest BCUT2D eigenvalue weighted by Gasteiger charge is 2.25. The number of nitrogens with one attached hydrogen (secondary N) is 1. The van der Waals surface area contributed by atoms with Crippen molar-refractivity contribution in [3.05, 3.63) is 77.1 Å². The van der Waals surface area contributed by atoms with E-state index in [1.807, 2.05) is 68.6 Å². The Labute approximate surface area is 197 Å². The SMILES string of the molecule is Cc1c(C(=O)N[C@@H](C)c2ccccc2)sc2ncnc(N3CCN(c4ccccn4)CC3)c12. The number of aromatic nitrogens is 3. The highest BCUT2D eigenvalue weighted by molar-refractivity contribution is 7.20. The molecule has 3 aromatic heterocycles. The van der Waals surface area contributed by atoms with Crippen molar-refractivity contribution in [3.8, 4) is 0 Å². The third-order valence-electron chi connectivity index (χ3n) is 6.11. The molecule has 1 saturated heterocycles. The number of amides is 1. The molecule has 0 aliphatic carbocycles. The molecule has 0 spiro atoms. The van der Waals surface area contributed by atoms with E-state index in [4.69, 9.17) is 0 Å². The summed E-state index contributed by atoms with van der Waals surface area (Å²) in [6.45, 7) is 7.41. The molecule has 1 atom stereocenters. The predicted octanol–water partition coefficient (Wildman–Crippen LogP) is 4.21. The van der Waals surface area contributed by atoms with Crippen LogP contribution in [0.3, 0.4) is 0 Å². The van der Waals surface area contributed by atoms with E-state index >= 15 is 0 Å². The zero-order valence-corrected chi connectivity index (χ0v) is 19.5. The van der Waals surface area contributed by atoms with Crippen molar-refractivity contribution >= 4 is 39.1 Å². The highest BCUT2D eigenvalue weighted by Crippen LogP contribution is 2.35. The van der Waals surface area contributed by atoms with Gasteiger partial charge >= 0.3 is 0 Å². The van der Waals surface area contributed by atoms with Gasteiger partial charge in [-0.15, -0.1) is 11.3 Å². The van der Waals surface area contributed by atoms with E-state index in [1.165, 1.54) is 11.3 Å². The van der Waals surface area contributed by atoms with E-state index in [2.05, 4.69) is 30.1 Å². The molecule has 5 rings (SSSR count). The molecule has 0 radical (unpaired) electrons. The van der Waals surface area contributed by atoms with Gasteiger partial charge in [0.1, 0.15) is 22.8 Å². The van der Waals surface area contributed by atoms with Gasteiger partial charge in [0.25, 0.3) is 5.91 Å². The Morgan fingerprint density at radius 2 is 1.70 bits per heavy atom. The summed E-state index contributed by atoms with van der Waals surface area (Å²) in [5.41, 5.74) is 2.02. The van der Waals surface area contributed by atoms with Crippen LogP contribution in [0.5, 0.6) is 0 Å². The standard InChI is InChI=1S/C25H26N6OS/c1-17-21-23(31-14-12-30(13-15-31)20-10-6-7-11-26-20)27-16-28-25(21)33-22(17)24(32)29-18(2)19-8-4-3-5-9-19/h3-11,16,18H,12-15H2,1-2H3,(H,29,32)/t18-/m0/s1. The van der Waals surface area contributed by atoms with Gasteiger partial charge in [-0.3, -0.25) is 4.79 Å². The lowest BCUT2D eigenvalue weighted by atomic mass is 10.1. The Morgan fingerprint density at radius 3 is 2.42 bits per heavy atom. The third kappa shape index (κ3) is 4.26. The minimum absolute atomic E-state index is 0.0715. The van der Waals surface area contributed by atoms with Crippen LogP contribution < -0.4 is 15.1 Å². The van der Waals surface area contributed by atoms with Crippen LogP contribution in [-0.2, 0) is 0 Å². The molecular formula is C25H26N6OS. The Morgan fingerprint density at radius 1 is 0.970 bits per heavy atom. The summed E-state index contributed by atoms with van der Waals surface area (Å²) in [5, 5.41) is 4.11. The third-order valence-corrected chi connectivity index (χ3v) is 7.31. The number of piperazine rings is 1.